The maximum atomic E-state index is 13.4. The van der Waals surface area contributed by atoms with Crippen LogP contribution >= 0.6 is 0 Å². The molecule has 94 valence electrons. The number of benzene rings is 1. The van der Waals surface area contributed by atoms with Crippen LogP contribution in [0.25, 0.3) is 0 Å². The fourth-order valence-electron chi connectivity index (χ4n) is 1.84. The van der Waals surface area contributed by atoms with Crippen LogP contribution in [0.15, 0.2) is 18.2 Å². The van der Waals surface area contributed by atoms with Crippen molar-refractivity contribution in [3.05, 3.63) is 35.4 Å². The highest BCUT2D eigenvalue weighted by Crippen LogP contribution is 2.09. The van der Waals surface area contributed by atoms with E-state index < -0.39 is 5.82 Å². The van der Waals surface area contributed by atoms with Gasteiger partial charge in [0.1, 0.15) is 11.6 Å². The molecule has 0 bridgehead atoms. The van der Waals surface area contributed by atoms with E-state index >= 15 is 0 Å². The summed E-state index contributed by atoms with van der Waals surface area (Å²) in [5.41, 5.74) is 3.49. The molecule has 0 saturated carbocycles. The van der Waals surface area contributed by atoms with E-state index in [4.69, 9.17) is 0 Å². The highest BCUT2D eigenvalue weighted by Gasteiger charge is 2.13. The van der Waals surface area contributed by atoms with Crippen LogP contribution < -0.4 is 5.43 Å². The molecule has 1 aromatic rings. The summed E-state index contributed by atoms with van der Waals surface area (Å²) >= 11 is 0. The predicted octanol–water partition coefficient (Wildman–Crippen LogP) is 1.22. The first-order chi connectivity index (χ1) is 8.15. The predicted molar refractivity (Wildman–Crippen MR) is 62.3 cm³/mol. The number of hydrazine groups is 1. The summed E-state index contributed by atoms with van der Waals surface area (Å²) in [7, 11) is 2.07. The summed E-state index contributed by atoms with van der Waals surface area (Å²) in [6, 6.07) is 3.53. The first-order valence-corrected chi connectivity index (χ1v) is 5.76. The van der Waals surface area contributed by atoms with E-state index in [-0.39, 0.29) is 5.82 Å². The number of rotatable bonds is 3. The van der Waals surface area contributed by atoms with Gasteiger partial charge in [0, 0.05) is 38.3 Å². The van der Waals surface area contributed by atoms with E-state index in [2.05, 4.69) is 17.4 Å². The fourth-order valence-corrected chi connectivity index (χ4v) is 1.84. The van der Waals surface area contributed by atoms with Crippen molar-refractivity contribution in [1.82, 2.24) is 15.3 Å². The van der Waals surface area contributed by atoms with Gasteiger partial charge in [-0.1, -0.05) is 0 Å². The minimum atomic E-state index is -0.401. The lowest BCUT2D eigenvalue weighted by molar-refractivity contribution is 0.101. The zero-order chi connectivity index (χ0) is 12.3. The Morgan fingerprint density at radius 2 is 1.88 bits per heavy atom. The van der Waals surface area contributed by atoms with Crippen LogP contribution in [0.1, 0.15) is 5.56 Å². The molecular weight excluding hydrogens is 224 g/mol. The quantitative estimate of drug-likeness (QED) is 0.858. The minimum Gasteiger partial charge on any atom is -0.304 e. The van der Waals surface area contributed by atoms with Crippen molar-refractivity contribution in [2.45, 2.75) is 6.54 Å². The van der Waals surface area contributed by atoms with Crippen LogP contribution in [0.5, 0.6) is 0 Å². The highest BCUT2D eigenvalue weighted by molar-refractivity contribution is 5.18. The molecule has 0 spiro atoms. The maximum absolute atomic E-state index is 13.4. The Morgan fingerprint density at radius 1 is 1.18 bits per heavy atom. The van der Waals surface area contributed by atoms with Crippen LogP contribution in [0.4, 0.5) is 8.78 Å². The van der Waals surface area contributed by atoms with E-state index in [1.54, 1.807) is 0 Å². The molecule has 1 aromatic carbocycles. The van der Waals surface area contributed by atoms with Gasteiger partial charge in [-0.3, -0.25) is 5.43 Å². The van der Waals surface area contributed by atoms with E-state index in [0.717, 1.165) is 38.3 Å². The van der Waals surface area contributed by atoms with E-state index in [0.29, 0.717) is 12.1 Å². The Kier molecular flexibility index (Phi) is 4.04. The smallest absolute Gasteiger partial charge is 0.127 e. The van der Waals surface area contributed by atoms with Gasteiger partial charge in [-0.15, -0.1) is 0 Å². The molecule has 1 aliphatic rings. The number of nitrogens with zero attached hydrogens (tertiary/aromatic N) is 2. The number of hydrogen-bond donors (Lipinski definition) is 1. The van der Waals surface area contributed by atoms with Gasteiger partial charge >= 0.3 is 0 Å². The topological polar surface area (TPSA) is 18.5 Å². The molecule has 1 saturated heterocycles. The second-order valence-electron chi connectivity index (χ2n) is 4.36. The molecule has 1 heterocycles. The van der Waals surface area contributed by atoms with Crippen molar-refractivity contribution in [3.8, 4) is 0 Å². The Labute approximate surface area is 100.0 Å². The molecule has 1 aliphatic heterocycles. The molecule has 3 nitrogen and oxygen atoms in total. The largest absolute Gasteiger partial charge is 0.304 e. The minimum absolute atomic E-state index is 0.327. The lowest BCUT2D eigenvalue weighted by Crippen LogP contribution is -2.50. The molecular formula is C12H17F2N3. The second kappa shape index (κ2) is 5.53. The summed E-state index contributed by atoms with van der Waals surface area (Å²) in [6.45, 7) is 4.09. The number of likely N-dealkylation sites (N-methyl/N-ethyl adjacent to an activating group) is 1. The number of nitrogens with one attached hydrogen (secondary N) is 1. The van der Waals surface area contributed by atoms with Crippen molar-refractivity contribution in [2.75, 3.05) is 33.2 Å². The summed E-state index contributed by atoms with van der Waals surface area (Å²) in [4.78, 5) is 2.24. The van der Waals surface area contributed by atoms with Gasteiger partial charge in [-0.05, 0) is 25.2 Å². The van der Waals surface area contributed by atoms with E-state index in [1.165, 1.54) is 6.07 Å². The standard InChI is InChI=1S/C12H17F2N3/c1-16-4-6-17(7-5-16)15-9-10-8-11(13)2-3-12(10)14/h2-3,8,15H,4-7,9H2,1H3. The summed E-state index contributed by atoms with van der Waals surface area (Å²) in [5.74, 6) is -0.769. The monoisotopic (exact) mass is 241 g/mol. The fraction of sp³-hybridized carbons (Fsp3) is 0.500. The van der Waals surface area contributed by atoms with Crippen LogP contribution in [0.3, 0.4) is 0 Å². The van der Waals surface area contributed by atoms with Crippen molar-refractivity contribution >= 4 is 0 Å². The molecule has 0 aliphatic carbocycles. The normalized spacial score (nSPS) is 18.5. The SMILES string of the molecule is CN1CCN(NCc2cc(F)ccc2F)CC1. The Morgan fingerprint density at radius 3 is 2.59 bits per heavy atom. The van der Waals surface area contributed by atoms with E-state index in [9.17, 15) is 8.78 Å². The van der Waals surface area contributed by atoms with Crippen molar-refractivity contribution in [3.63, 3.8) is 0 Å². The number of hydrogen-bond acceptors (Lipinski definition) is 3. The van der Waals surface area contributed by atoms with Gasteiger partial charge in [0.15, 0.2) is 0 Å². The van der Waals surface area contributed by atoms with Gasteiger partial charge in [0.05, 0.1) is 0 Å². The van der Waals surface area contributed by atoms with Crippen LogP contribution in [-0.4, -0.2) is 43.1 Å². The molecule has 1 fully saturated rings. The third-order valence-electron chi connectivity index (χ3n) is 3.00. The van der Waals surface area contributed by atoms with Crippen molar-refractivity contribution in [2.24, 2.45) is 0 Å². The summed E-state index contributed by atoms with van der Waals surface area (Å²) in [6.07, 6.45) is 0. The van der Waals surface area contributed by atoms with Gasteiger partial charge in [0.2, 0.25) is 0 Å². The van der Waals surface area contributed by atoms with Gasteiger partial charge in [-0.2, -0.15) is 0 Å². The lowest BCUT2D eigenvalue weighted by Gasteiger charge is -2.32. The molecule has 0 radical (unpaired) electrons. The van der Waals surface area contributed by atoms with Crippen LogP contribution in [0.2, 0.25) is 0 Å². The Bertz CT molecular complexity index is 376. The lowest BCUT2D eigenvalue weighted by atomic mass is 10.2. The van der Waals surface area contributed by atoms with Gasteiger partial charge in [0.25, 0.3) is 0 Å². The van der Waals surface area contributed by atoms with Crippen molar-refractivity contribution < 1.29 is 8.78 Å². The summed E-state index contributed by atoms with van der Waals surface area (Å²) < 4.78 is 26.3. The molecule has 0 aromatic heterocycles. The zero-order valence-corrected chi connectivity index (χ0v) is 9.92. The number of piperazine rings is 1. The third-order valence-corrected chi connectivity index (χ3v) is 3.00. The second-order valence-corrected chi connectivity index (χ2v) is 4.36. The average Bonchev–Trinajstić information content (AvgIpc) is 2.32. The average molecular weight is 241 g/mol. The summed E-state index contributed by atoms with van der Waals surface area (Å²) in [5, 5.41) is 2.05. The highest BCUT2D eigenvalue weighted by atomic mass is 19.1. The van der Waals surface area contributed by atoms with E-state index in [1.807, 2.05) is 5.01 Å². The molecule has 17 heavy (non-hydrogen) atoms. The molecule has 2 rings (SSSR count). The van der Waals surface area contributed by atoms with Crippen LogP contribution in [0, 0.1) is 11.6 Å². The molecule has 1 N–H and O–H groups in total. The molecule has 0 atom stereocenters. The van der Waals surface area contributed by atoms with Crippen molar-refractivity contribution in [1.29, 1.82) is 0 Å². The first kappa shape index (κ1) is 12.4. The zero-order valence-electron chi connectivity index (χ0n) is 9.92. The maximum Gasteiger partial charge on any atom is 0.127 e. The van der Waals surface area contributed by atoms with Crippen LogP contribution in [-0.2, 0) is 6.54 Å². The molecule has 0 amide bonds. The Hall–Kier alpha value is -1.04. The Balaban J connectivity index is 1.87. The van der Waals surface area contributed by atoms with Gasteiger partial charge in [-0.25, -0.2) is 13.8 Å². The molecule has 5 heteroatoms. The molecule has 0 unspecified atom stereocenters. The first-order valence-electron chi connectivity index (χ1n) is 5.76. The van der Waals surface area contributed by atoms with Gasteiger partial charge < -0.3 is 4.90 Å². The number of halogens is 2. The third kappa shape index (κ3) is 3.46.